The fourth-order valence-electron chi connectivity index (χ4n) is 3.84. The average Bonchev–Trinajstić information content (AvgIpc) is 2.75. The number of nitrogens with one attached hydrogen (secondary N) is 1. The number of hydrogen-bond donors (Lipinski definition) is 1. The minimum absolute atomic E-state index is 0.0478. The molecule has 3 rings (SSSR count). The van der Waals surface area contributed by atoms with Crippen LogP contribution in [-0.4, -0.2) is 59.7 Å². The number of piperazine rings is 1. The van der Waals surface area contributed by atoms with Crippen molar-refractivity contribution in [3.63, 3.8) is 0 Å². The van der Waals surface area contributed by atoms with Gasteiger partial charge in [-0.3, -0.25) is 14.4 Å². The Morgan fingerprint density at radius 1 is 1.00 bits per heavy atom. The Morgan fingerprint density at radius 2 is 1.65 bits per heavy atom. The highest BCUT2D eigenvalue weighted by atomic mass is 79.9. The normalized spacial score (nSPS) is 14.8. The Kier molecular flexibility index (Phi) is 7.49. The molecule has 2 aromatic rings. The number of nitrogens with zero attached hydrogens (tertiary/aromatic N) is 2. The molecule has 0 aromatic heterocycles. The standard InChI is InChI=1S/C24H28BrN3O3/c1-16-8-9-17(2)19(14-16)15-22(26-18(3)29)24(31)28-12-10-27(11-13-28)23(30)20-6-4-5-7-21(20)25/h4-9,14,22H,10-13,15H2,1-3H3,(H,26,29)/t22-/m1/s1. The smallest absolute Gasteiger partial charge is 0.255 e. The minimum Gasteiger partial charge on any atom is -0.344 e. The van der Waals surface area contributed by atoms with Gasteiger partial charge in [-0.1, -0.05) is 35.9 Å². The summed E-state index contributed by atoms with van der Waals surface area (Å²) in [5.41, 5.74) is 3.88. The second-order valence-corrected chi connectivity index (χ2v) is 8.84. The van der Waals surface area contributed by atoms with Crippen LogP contribution < -0.4 is 5.32 Å². The molecule has 0 unspecified atom stereocenters. The van der Waals surface area contributed by atoms with E-state index in [4.69, 9.17) is 0 Å². The highest BCUT2D eigenvalue weighted by Gasteiger charge is 2.30. The van der Waals surface area contributed by atoms with Crippen LogP contribution >= 0.6 is 15.9 Å². The van der Waals surface area contributed by atoms with Crippen molar-refractivity contribution < 1.29 is 14.4 Å². The van der Waals surface area contributed by atoms with Crippen LogP contribution in [0.15, 0.2) is 46.9 Å². The third kappa shape index (κ3) is 5.73. The summed E-state index contributed by atoms with van der Waals surface area (Å²) in [4.78, 5) is 41.3. The Bertz CT molecular complexity index is 984. The zero-order valence-electron chi connectivity index (χ0n) is 18.2. The van der Waals surface area contributed by atoms with Gasteiger partial charge in [0.25, 0.3) is 5.91 Å². The van der Waals surface area contributed by atoms with E-state index in [1.54, 1.807) is 15.9 Å². The van der Waals surface area contributed by atoms with Gasteiger partial charge in [0.1, 0.15) is 6.04 Å². The fraction of sp³-hybridized carbons (Fsp3) is 0.375. The minimum atomic E-state index is -0.622. The van der Waals surface area contributed by atoms with Crippen LogP contribution in [0.5, 0.6) is 0 Å². The van der Waals surface area contributed by atoms with E-state index in [0.29, 0.717) is 38.2 Å². The molecule has 1 aliphatic rings. The summed E-state index contributed by atoms with van der Waals surface area (Å²) >= 11 is 3.43. The predicted molar refractivity (Wildman–Crippen MR) is 124 cm³/mol. The molecule has 1 saturated heterocycles. The van der Waals surface area contributed by atoms with Crippen LogP contribution in [-0.2, 0) is 16.0 Å². The van der Waals surface area contributed by atoms with E-state index in [-0.39, 0.29) is 17.7 Å². The molecule has 2 aromatic carbocycles. The van der Waals surface area contributed by atoms with Gasteiger partial charge in [0.2, 0.25) is 11.8 Å². The van der Waals surface area contributed by atoms with E-state index in [1.165, 1.54) is 6.92 Å². The molecule has 0 saturated carbocycles. The quantitative estimate of drug-likeness (QED) is 0.707. The molecule has 31 heavy (non-hydrogen) atoms. The molecule has 1 aliphatic heterocycles. The first-order chi connectivity index (χ1) is 14.8. The molecule has 6 nitrogen and oxygen atoms in total. The summed E-state index contributed by atoms with van der Waals surface area (Å²) in [6.07, 6.45) is 0.446. The lowest BCUT2D eigenvalue weighted by Gasteiger charge is -2.36. The number of hydrogen-bond acceptors (Lipinski definition) is 3. The SMILES string of the molecule is CC(=O)N[C@H](Cc1cc(C)ccc1C)C(=O)N1CCN(C(=O)c2ccccc2Br)CC1. The van der Waals surface area contributed by atoms with Crippen LogP contribution in [0.4, 0.5) is 0 Å². The number of carbonyl (C=O) groups excluding carboxylic acids is 3. The highest BCUT2D eigenvalue weighted by Crippen LogP contribution is 2.19. The van der Waals surface area contributed by atoms with Gasteiger partial charge in [-0.05, 0) is 53.0 Å². The van der Waals surface area contributed by atoms with Gasteiger partial charge in [-0.25, -0.2) is 0 Å². The van der Waals surface area contributed by atoms with Crippen molar-refractivity contribution in [2.75, 3.05) is 26.2 Å². The number of carbonyl (C=O) groups is 3. The van der Waals surface area contributed by atoms with E-state index in [9.17, 15) is 14.4 Å². The van der Waals surface area contributed by atoms with Gasteiger partial charge in [0.05, 0.1) is 5.56 Å². The van der Waals surface area contributed by atoms with E-state index in [1.807, 2.05) is 44.2 Å². The Hall–Kier alpha value is -2.67. The highest BCUT2D eigenvalue weighted by molar-refractivity contribution is 9.10. The first-order valence-electron chi connectivity index (χ1n) is 10.4. The van der Waals surface area contributed by atoms with Crippen molar-refractivity contribution in [1.29, 1.82) is 0 Å². The van der Waals surface area contributed by atoms with Crippen LogP contribution in [0.2, 0.25) is 0 Å². The Labute approximate surface area is 191 Å². The number of rotatable bonds is 5. The number of halogens is 1. The number of amides is 3. The molecule has 0 spiro atoms. The van der Waals surface area contributed by atoms with Crippen LogP contribution in [0, 0.1) is 13.8 Å². The lowest BCUT2D eigenvalue weighted by molar-refractivity contribution is -0.137. The predicted octanol–water partition coefficient (Wildman–Crippen LogP) is 3.10. The molecular formula is C24H28BrN3O3. The first-order valence-corrected chi connectivity index (χ1v) is 11.2. The monoisotopic (exact) mass is 485 g/mol. The second-order valence-electron chi connectivity index (χ2n) is 7.98. The molecule has 0 radical (unpaired) electrons. The van der Waals surface area contributed by atoms with Gasteiger partial charge in [-0.2, -0.15) is 0 Å². The summed E-state index contributed by atoms with van der Waals surface area (Å²) in [6.45, 7) is 7.26. The molecule has 1 N–H and O–H groups in total. The van der Waals surface area contributed by atoms with Crippen LogP contribution in [0.3, 0.4) is 0 Å². The topological polar surface area (TPSA) is 69.7 Å². The molecule has 164 valence electrons. The molecule has 1 heterocycles. The molecule has 7 heteroatoms. The van der Waals surface area contributed by atoms with E-state index in [2.05, 4.69) is 27.3 Å². The molecule has 3 amide bonds. The number of aryl methyl sites for hydroxylation is 2. The van der Waals surface area contributed by atoms with Crippen LogP contribution in [0.25, 0.3) is 0 Å². The average molecular weight is 486 g/mol. The summed E-state index contributed by atoms with van der Waals surface area (Å²) in [5.74, 6) is -0.385. The van der Waals surface area contributed by atoms with Crippen molar-refractivity contribution in [3.05, 3.63) is 69.2 Å². The molecule has 1 fully saturated rings. The van der Waals surface area contributed by atoms with Gasteiger partial charge in [-0.15, -0.1) is 0 Å². The molecule has 0 bridgehead atoms. The Morgan fingerprint density at radius 3 is 2.29 bits per heavy atom. The van der Waals surface area contributed by atoms with E-state index in [0.717, 1.165) is 21.2 Å². The third-order valence-electron chi connectivity index (χ3n) is 5.59. The van der Waals surface area contributed by atoms with Gasteiger partial charge in [0, 0.05) is 44.0 Å². The largest absolute Gasteiger partial charge is 0.344 e. The summed E-state index contributed by atoms with van der Waals surface area (Å²) in [7, 11) is 0. The van der Waals surface area contributed by atoms with Crippen molar-refractivity contribution in [3.8, 4) is 0 Å². The maximum atomic E-state index is 13.2. The second kappa shape index (κ2) is 10.1. The molecule has 1 atom stereocenters. The van der Waals surface area contributed by atoms with Crippen molar-refractivity contribution in [2.45, 2.75) is 33.2 Å². The maximum absolute atomic E-state index is 13.2. The van der Waals surface area contributed by atoms with Gasteiger partial charge >= 0.3 is 0 Å². The van der Waals surface area contributed by atoms with Crippen molar-refractivity contribution >= 4 is 33.7 Å². The van der Waals surface area contributed by atoms with Crippen molar-refractivity contribution in [1.82, 2.24) is 15.1 Å². The lowest BCUT2D eigenvalue weighted by atomic mass is 9.98. The zero-order valence-corrected chi connectivity index (χ0v) is 19.7. The molecular weight excluding hydrogens is 458 g/mol. The fourth-order valence-corrected chi connectivity index (χ4v) is 4.30. The lowest BCUT2D eigenvalue weighted by Crippen LogP contribution is -2.56. The van der Waals surface area contributed by atoms with E-state index < -0.39 is 6.04 Å². The van der Waals surface area contributed by atoms with Crippen LogP contribution in [0.1, 0.15) is 34.0 Å². The number of benzene rings is 2. The molecule has 0 aliphatic carbocycles. The van der Waals surface area contributed by atoms with E-state index >= 15 is 0 Å². The maximum Gasteiger partial charge on any atom is 0.255 e. The summed E-state index contributed by atoms with van der Waals surface area (Å²) in [6, 6.07) is 12.9. The van der Waals surface area contributed by atoms with Gasteiger partial charge < -0.3 is 15.1 Å². The Balaban J connectivity index is 1.67. The zero-order chi connectivity index (χ0) is 22.5. The van der Waals surface area contributed by atoms with Gasteiger partial charge in [0.15, 0.2) is 0 Å². The first kappa shape index (κ1) is 23.0. The third-order valence-corrected chi connectivity index (χ3v) is 6.28. The van der Waals surface area contributed by atoms with Crippen molar-refractivity contribution in [2.24, 2.45) is 0 Å². The summed E-state index contributed by atoms with van der Waals surface area (Å²) in [5, 5.41) is 2.82. The summed E-state index contributed by atoms with van der Waals surface area (Å²) < 4.78 is 0.762.